The number of piperidine rings is 1. The molecule has 1 aliphatic heterocycles. The van der Waals surface area contributed by atoms with Crippen molar-refractivity contribution in [2.75, 3.05) is 24.6 Å². The van der Waals surface area contributed by atoms with Gasteiger partial charge < -0.3 is 15.7 Å². The molecule has 100 valence electrons. The zero-order valence-corrected chi connectivity index (χ0v) is 11.7. The van der Waals surface area contributed by atoms with Crippen molar-refractivity contribution in [2.45, 2.75) is 25.3 Å². The number of halogens is 2. The van der Waals surface area contributed by atoms with E-state index in [0.717, 1.165) is 24.3 Å². The topological polar surface area (TPSA) is 49.5 Å². The van der Waals surface area contributed by atoms with Crippen LogP contribution in [0.25, 0.3) is 0 Å². The van der Waals surface area contributed by atoms with Gasteiger partial charge in [-0.2, -0.15) is 0 Å². The predicted octanol–water partition coefficient (Wildman–Crippen LogP) is 2.98. The van der Waals surface area contributed by atoms with Crippen LogP contribution in [-0.2, 0) is 0 Å². The third kappa shape index (κ3) is 2.91. The third-order valence-corrected chi connectivity index (χ3v) is 3.91. The van der Waals surface area contributed by atoms with Crippen LogP contribution >= 0.6 is 23.2 Å². The van der Waals surface area contributed by atoms with Crippen molar-refractivity contribution in [3.8, 4) is 0 Å². The van der Waals surface area contributed by atoms with Crippen molar-refractivity contribution in [2.24, 2.45) is 5.73 Å². The number of aliphatic hydroxyl groups excluding tert-OH is 1. The number of benzene rings is 1. The summed E-state index contributed by atoms with van der Waals surface area (Å²) in [4.78, 5) is 2.22. The van der Waals surface area contributed by atoms with Crippen LogP contribution in [-0.4, -0.2) is 24.8 Å². The molecule has 1 aliphatic rings. The van der Waals surface area contributed by atoms with Crippen LogP contribution in [0.1, 0.15) is 30.9 Å². The van der Waals surface area contributed by atoms with Crippen LogP contribution in [0.5, 0.6) is 0 Å². The van der Waals surface area contributed by atoms with Gasteiger partial charge in [-0.1, -0.05) is 23.2 Å². The van der Waals surface area contributed by atoms with Crippen LogP contribution in [0.4, 0.5) is 5.69 Å². The van der Waals surface area contributed by atoms with E-state index in [4.69, 9.17) is 34.0 Å². The minimum absolute atomic E-state index is 0.115. The molecule has 0 amide bonds. The predicted molar refractivity (Wildman–Crippen MR) is 76.5 cm³/mol. The summed E-state index contributed by atoms with van der Waals surface area (Å²) < 4.78 is 0. The average Bonchev–Trinajstić information content (AvgIpc) is 2.38. The number of hydrogen-bond acceptors (Lipinski definition) is 3. The van der Waals surface area contributed by atoms with E-state index in [9.17, 15) is 0 Å². The quantitative estimate of drug-likeness (QED) is 0.899. The number of nitrogens with zero attached hydrogens (tertiary/aromatic N) is 1. The van der Waals surface area contributed by atoms with Gasteiger partial charge in [-0.15, -0.1) is 0 Å². The van der Waals surface area contributed by atoms with E-state index < -0.39 is 6.04 Å². The average molecular weight is 289 g/mol. The van der Waals surface area contributed by atoms with Crippen molar-refractivity contribution in [3.05, 3.63) is 27.7 Å². The van der Waals surface area contributed by atoms with Gasteiger partial charge in [-0.25, -0.2) is 0 Å². The Balaban J connectivity index is 2.31. The zero-order chi connectivity index (χ0) is 13.1. The number of nitrogens with two attached hydrogens (primary N) is 1. The summed E-state index contributed by atoms with van der Waals surface area (Å²) >= 11 is 12.6. The smallest absolute Gasteiger partial charge is 0.0745 e. The summed E-state index contributed by atoms with van der Waals surface area (Å²) in [5.74, 6) is 0. The summed E-state index contributed by atoms with van der Waals surface area (Å²) in [7, 11) is 0. The highest BCUT2D eigenvalue weighted by Gasteiger charge is 2.19. The molecule has 1 heterocycles. The summed E-state index contributed by atoms with van der Waals surface area (Å²) in [5.41, 5.74) is 7.45. The lowest BCUT2D eigenvalue weighted by Gasteiger charge is -2.30. The third-order valence-electron chi connectivity index (χ3n) is 3.34. The Kier molecular flexibility index (Phi) is 4.73. The molecule has 1 fully saturated rings. The first kappa shape index (κ1) is 13.9. The van der Waals surface area contributed by atoms with E-state index in [0.29, 0.717) is 10.0 Å². The summed E-state index contributed by atoms with van der Waals surface area (Å²) in [6.07, 6.45) is 3.61. The van der Waals surface area contributed by atoms with Crippen molar-refractivity contribution in [1.29, 1.82) is 0 Å². The summed E-state index contributed by atoms with van der Waals surface area (Å²) in [6.45, 7) is 1.87. The zero-order valence-electron chi connectivity index (χ0n) is 10.2. The second-order valence-corrected chi connectivity index (χ2v) is 5.48. The fourth-order valence-corrected chi connectivity index (χ4v) is 3.07. The lowest BCUT2D eigenvalue weighted by Crippen LogP contribution is -2.30. The lowest BCUT2D eigenvalue weighted by atomic mass is 10.1. The Bertz CT molecular complexity index is 396. The molecule has 1 aromatic rings. The first-order valence-corrected chi connectivity index (χ1v) is 6.99. The van der Waals surface area contributed by atoms with Crippen molar-refractivity contribution >= 4 is 28.9 Å². The Morgan fingerprint density at radius 2 is 1.72 bits per heavy atom. The molecule has 3 nitrogen and oxygen atoms in total. The Morgan fingerprint density at radius 3 is 2.22 bits per heavy atom. The number of anilines is 1. The Hall–Kier alpha value is -0.480. The monoisotopic (exact) mass is 288 g/mol. The molecule has 0 bridgehead atoms. The standard InChI is InChI=1S/C13H18Cl2N2O/c14-10-6-9(12(16)8-18)7-11(15)13(10)17-4-2-1-3-5-17/h6-7,12,18H,1-5,8,16H2/t12-/m0/s1. The molecule has 0 unspecified atom stereocenters. The van der Waals surface area contributed by atoms with Crippen molar-refractivity contribution in [1.82, 2.24) is 0 Å². The molecule has 1 aromatic carbocycles. The molecule has 0 aliphatic carbocycles. The van der Waals surface area contributed by atoms with E-state index >= 15 is 0 Å². The maximum atomic E-state index is 9.07. The van der Waals surface area contributed by atoms with E-state index in [1.165, 1.54) is 19.3 Å². The molecule has 0 saturated carbocycles. The minimum Gasteiger partial charge on any atom is -0.394 e. The van der Waals surface area contributed by atoms with E-state index in [-0.39, 0.29) is 6.61 Å². The van der Waals surface area contributed by atoms with E-state index in [1.807, 2.05) is 0 Å². The van der Waals surface area contributed by atoms with Crippen LogP contribution in [0.2, 0.25) is 10.0 Å². The van der Waals surface area contributed by atoms with Gasteiger partial charge in [0.25, 0.3) is 0 Å². The van der Waals surface area contributed by atoms with E-state index in [2.05, 4.69) is 4.90 Å². The molecule has 0 radical (unpaired) electrons. The highest BCUT2D eigenvalue weighted by molar-refractivity contribution is 6.39. The first-order valence-electron chi connectivity index (χ1n) is 6.24. The second kappa shape index (κ2) is 6.11. The van der Waals surface area contributed by atoms with E-state index in [1.54, 1.807) is 12.1 Å². The second-order valence-electron chi connectivity index (χ2n) is 4.67. The largest absolute Gasteiger partial charge is 0.394 e. The Labute approximate surface area is 117 Å². The van der Waals surface area contributed by atoms with Gasteiger partial charge in [0, 0.05) is 13.1 Å². The normalized spacial score (nSPS) is 17.9. The van der Waals surface area contributed by atoms with Crippen molar-refractivity contribution in [3.63, 3.8) is 0 Å². The van der Waals surface area contributed by atoms with Gasteiger partial charge in [-0.3, -0.25) is 0 Å². The maximum Gasteiger partial charge on any atom is 0.0745 e. The molecule has 1 saturated heterocycles. The highest BCUT2D eigenvalue weighted by atomic mass is 35.5. The minimum atomic E-state index is -0.435. The molecule has 0 spiro atoms. The van der Waals surface area contributed by atoms with Crippen LogP contribution < -0.4 is 10.6 Å². The number of aliphatic hydroxyl groups is 1. The van der Waals surface area contributed by atoms with Gasteiger partial charge >= 0.3 is 0 Å². The van der Waals surface area contributed by atoms with Gasteiger partial charge in [0.1, 0.15) is 0 Å². The first-order chi connectivity index (χ1) is 8.63. The number of rotatable bonds is 3. The summed E-state index contributed by atoms with van der Waals surface area (Å²) in [5, 5.41) is 10.3. The highest BCUT2D eigenvalue weighted by Crippen LogP contribution is 2.37. The van der Waals surface area contributed by atoms with Crippen LogP contribution in [0.15, 0.2) is 12.1 Å². The van der Waals surface area contributed by atoms with Crippen LogP contribution in [0.3, 0.4) is 0 Å². The van der Waals surface area contributed by atoms with Gasteiger partial charge in [-0.05, 0) is 37.0 Å². The Morgan fingerprint density at radius 1 is 1.17 bits per heavy atom. The molecule has 3 N–H and O–H groups in total. The van der Waals surface area contributed by atoms with Gasteiger partial charge in [0.05, 0.1) is 28.4 Å². The molecule has 5 heteroatoms. The lowest BCUT2D eigenvalue weighted by molar-refractivity contribution is 0.268. The molecule has 18 heavy (non-hydrogen) atoms. The van der Waals surface area contributed by atoms with Crippen LogP contribution in [0, 0.1) is 0 Å². The van der Waals surface area contributed by atoms with Gasteiger partial charge in [0.15, 0.2) is 0 Å². The van der Waals surface area contributed by atoms with Crippen molar-refractivity contribution < 1.29 is 5.11 Å². The molecular weight excluding hydrogens is 271 g/mol. The fourth-order valence-electron chi connectivity index (χ4n) is 2.32. The van der Waals surface area contributed by atoms with Gasteiger partial charge in [0.2, 0.25) is 0 Å². The molecule has 2 rings (SSSR count). The molecule has 0 aromatic heterocycles. The molecule has 1 atom stereocenters. The summed E-state index contributed by atoms with van der Waals surface area (Å²) in [6, 6.07) is 3.17. The molecular formula is C13H18Cl2N2O. The fraction of sp³-hybridized carbons (Fsp3) is 0.538. The number of hydrogen-bond donors (Lipinski definition) is 2. The maximum absolute atomic E-state index is 9.07. The SMILES string of the molecule is N[C@@H](CO)c1cc(Cl)c(N2CCCCC2)c(Cl)c1.